The Balaban J connectivity index is 1.94. The fraction of sp³-hybridized carbons (Fsp3) is 0.286. The number of nitrogens with one attached hydrogen (secondary N) is 1. The Morgan fingerprint density at radius 1 is 1.35 bits per heavy atom. The number of carbonyl (C=O) groups excluding carboxylic acids is 1. The molecular weight excluding hydrogens is 313 g/mol. The number of ether oxygens (including phenoxy) is 1. The summed E-state index contributed by atoms with van der Waals surface area (Å²) in [4.78, 5) is 23.2. The summed E-state index contributed by atoms with van der Waals surface area (Å²) in [5, 5.41) is 2.63. The number of hydrogen-bond donors (Lipinski definition) is 1. The number of alkyl halides is 3. The van der Waals surface area contributed by atoms with Crippen LogP contribution in [0, 0.1) is 6.92 Å². The first-order valence-corrected chi connectivity index (χ1v) is 6.54. The Bertz CT molecular complexity index is 677. The zero-order valence-corrected chi connectivity index (χ0v) is 12.1. The van der Waals surface area contributed by atoms with E-state index in [0.717, 1.165) is 0 Å². The van der Waals surface area contributed by atoms with Crippen molar-refractivity contribution in [2.45, 2.75) is 19.6 Å². The van der Waals surface area contributed by atoms with Crippen LogP contribution in [0.1, 0.15) is 21.6 Å². The van der Waals surface area contributed by atoms with Gasteiger partial charge in [-0.1, -0.05) is 0 Å². The molecular formula is C14H13F3N4O2. The van der Waals surface area contributed by atoms with Gasteiger partial charge in [-0.2, -0.15) is 13.2 Å². The predicted octanol–water partition coefficient (Wildman–Crippen LogP) is 2.05. The number of amides is 1. The summed E-state index contributed by atoms with van der Waals surface area (Å²) >= 11 is 0. The van der Waals surface area contributed by atoms with Crippen molar-refractivity contribution in [3.63, 3.8) is 0 Å². The molecule has 0 saturated heterocycles. The van der Waals surface area contributed by atoms with Crippen molar-refractivity contribution in [1.82, 2.24) is 20.3 Å². The average Bonchev–Trinajstić information content (AvgIpc) is 2.51. The standard InChI is InChI=1S/C14H13F3N4O2/c1-9-4-10(6-20-13(9)23-7-14(15,16)17)5-19-12(22)11-2-3-18-8-21-11/h2-4,6,8H,5,7H2,1H3,(H,19,22). The van der Waals surface area contributed by atoms with Crippen LogP contribution in [0.5, 0.6) is 5.88 Å². The van der Waals surface area contributed by atoms with Crippen LogP contribution in [0.2, 0.25) is 0 Å². The number of carbonyl (C=O) groups is 1. The highest BCUT2D eigenvalue weighted by molar-refractivity contribution is 5.91. The average molecular weight is 326 g/mol. The number of rotatable bonds is 5. The molecule has 0 aliphatic rings. The Labute approximate surface area is 129 Å². The molecule has 0 aliphatic carbocycles. The number of hydrogen-bond acceptors (Lipinski definition) is 5. The Morgan fingerprint density at radius 2 is 2.13 bits per heavy atom. The molecule has 0 atom stereocenters. The number of pyridine rings is 1. The minimum absolute atomic E-state index is 0.0896. The van der Waals surface area contributed by atoms with E-state index >= 15 is 0 Å². The molecule has 0 unspecified atom stereocenters. The van der Waals surface area contributed by atoms with E-state index in [4.69, 9.17) is 0 Å². The summed E-state index contributed by atoms with van der Waals surface area (Å²) in [5.41, 5.74) is 1.29. The molecule has 0 radical (unpaired) electrons. The molecule has 2 aromatic rings. The first-order chi connectivity index (χ1) is 10.8. The molecule has 9 heteroatoms. The van der Waals surface area contributed by atoms with E-state index in [2.05, 4.69) is 25.0 Å². The van der Waals surface area contributed by atoms with Gasteiger partial charge < -0.3 is 10.1 Å². The lowest BCUT2D eigenvalue weighted by molar-refractivity contribution is -0.154. The van der Waals surface area contributed by atoms with Crippen molar-refractivity contribution in [1.29, 1.82) is 0 Å². The fourth-order valence-electron chi connectivity index (χ4n) is 1.72. The monoisotopic (exact) mass is 326 g/mol. The van der Waals surface area contributed by atoms with E-state index in [1.165, 1.54) is 24.8 Å². The molecule has 0 fully saturated rings. The highest BCUT2D eigenvalue weighted by Gasteiger charge is 2.28. The van der Waals surface area contributed by atoms with Crippen molar-refractivity contribution in [2.24, 2.45) is 0 Å². The van der Waals surface area contributed by atoms with Crippen molar-refractivity contribution in [3.8, 4) is 5.88 Å². The lowest BCUT2D eigenvalue weighted by Crippen LogP contribution is -2.24. The third-order valence-electron chi connectivity index (χ3n) is 2.73. The largest absolute Gasteiger partial charge is 0.468 e. The van der Waals surface area contributed by atoms with Crippen LogP contribution in [0.25, 0.3) is 0 Å². The fourth-order valence-corrected chi connectivity index (χ4v) is 1.72. The van der Waals surface area contributed by atoms with Gasteiger partial charge >= 0.3 is 6.18 Å². The van der Waals surface area contributed by atoms with Crippen LogP contribution in [-0.4, -0.2) is 33.6 Å². The summed E-state index contributed by atoms with van der Waals surface area (Å²) < 4.78 is 40.9. The van der Waals surface area contributed by atoms with Gasteiger partial charge in [0.15, 0.2) is 6.61 Å². The van der Waals surface area contributed by atoms with Crippen LogP contribution in [0.3, 0.4) is 0 Å². The number of aryl methyl sites for hydroxylation is 1. The maximum atomic E-state index is 12.1. The molecule has 0 saturated carbocycles. The zero-order valence-electron chi connectivity index (χ0n) is 12.1. The SMILES string of the molecule is Cc1cc(CNC(=O)c2ccncn2)cnc1OCC(F)(F)F. The normalized spacial score (nSPS) is 11.1. The van der Waals surface area contributed by atoms with E-state index in [1.807, 2.05) is 0 Å². The summed E-state index contributed by atoms with van der Waals surface area (Å²) in [6, 6.07) is 3.06. The van der Waals surface area contributed by atoms with Gasteiger partial charge in [0, 0.05) is 24.5 Å². The maximum Gasteiger partial charge on any atom is 0.422 e. The van der Waals surface area contributed by atoms with E-state index in [1.54, 1.807) is 13.0 Å². The molecule has 2 heterocycles. The third-order valence-corrected chi connectivity index (χ3v) is 2.73. The molecule has 23 heavy (non-hydrogen) atoms. The van der Waals surface area contributed by atoms with E-state index in [-0.39, 0.29) is 24.0 Å². The van der Waals surface area contributed by atoms with Gasteiger partial charge in [-0.3, -0.25) is 4.79 Å². The molecule has 0 aromatic carbocycles. The van der Waals surface area contributed by atoms with Gasteiger partial charge in [0.05, 0.1) is 0 Å². The Morgan fingerprint density at radius 3 is 2.74 bits per heavy atom. The van der Waals surface area contributed by atoms with E-state index in [9.17, 15) is 18.0 Å². The smallest absolute Gasteiger partial charge is 0.422 e. The second kappa shape index (κ2) is 7.03. The summed E-state index contributed by atoms with van der Waals surface area (Å²) in [6.45, 7) is 0.343. The van der Waals surface area contributed by atoms with Crippen molar-refractivity contribution < 1.29 is 22.7 Å². The molecule has 0 aliphatic heterocycles. The molecule has 1 N–H and O–H groups in total. The molecule has 122 valence electrons. The minimum atomic E-state index is -4.42. The predicted molar refractivity (Wildman–Crippen MR) is 73.7 cm³/mol. The zero-order chi connectivity index (χ0) is 16.9. The summed E-state index contributed by atoms with van der Waals surface area (Å²) in [6.07, 6.45) is -0.370. The second-order valence-corrected chi connectivity index (χ2v) is 4.65. The van der Waals surface area contributed by atoms with Gasteiger partial charge in [0.2, 0.25) is 5.88 Å². The van der Waals surface area contributed by atoms with Gasteiger partial charge in [0.1, 0.15) is 12.0 Å². The maximum absolute atomic E-state index is 12.1. The molecule has 1 amide bonds. The molecule has 2 rings (SSSR count). The lowest BCUT2D eigenvalue weighted by atomic mass is 10.2. The van der Waals surface area contributed by atoms with Gasteiger partial charge in [-0.25, -0.2) is 15.0 Å². The molecule has 0 bridgehead atoms. The number of nitrogens with zero attached hydrogens (tertiary/aromatic N) is 3. The third kappa shape index (κ3) is 5.20. The topological polar surface area (TPSA) is 77.0 Å². The number of halogens is 3. The molecule has 6 nitrogen and oxygen atoms in total. The van der Waals surface area contributed by atoms with Gasteiger partial charge in [-0.05, 0) is 24.6 Å². The summed E-state index contributed by atoms with van der Waals surface area (Å²) in [7, 11) is 0. The molecule has 2 aromatic heterocycles. The van der Waals surface area contributed by atoms with Crippen molar-refractivity contribution in [2.75, 3.05) is 6.61 Å². The van der Waals surface area contributed by atoms with Crippen LogP contribution in [0.4, 0.5) is 13.2 Å². The first kappa shape index (κ1) is 16.7. The van der Waals surface area contributed by atoms with Crippen molar-refractivity contribution in [3.05, 3.63) is 47.7 Å². The molecule has 0 spiro atoms. The van der Waals surface area contributed by atoms with Crippen LogP contribution >= 0.6 is 0 Å². The first-order valence-electron chi connectivity index (χ1n) is 6.54. The van der Waals surface area contributed by atoms with Gasteiger partial charge in [0.25, 0.3) is 5.91 Å². The Kier molecular flexibility index (Phi) is 5.09. The quantitative estimate of drug-likeness (QED) is 0.910. The lowest BCUT2D eigenvalue weighted by Gasteiger charge is -2.11. The highest BCUT2D eigenvalue weighted by atomic mass is 19.4. The van der Waals surface area contributed by atoms with Crippen LogP contribution < -0.4 is 10.1 Å². The van der Waals surface area contributed by atoms with Crippen molar-refractivity contribution >= 4 is 5.91 Å². The van der Waals surface area contributed by atoms with E-state index < -0.39 is 12.8 Å². The highest BCUT2D eigenvalue weighted by Crippen LogP contribution is 2.20. The van der Waals surface area contributed by atoms with Crippen LogP contribution in [0.15, 0.2) is 30.9 Å². The number of aromatic nitrogens is 3. The Hall–Kier alpha value is -2.71. The minimum Gasteiger partial charge on any atom is -0.468 e. The second-order valence-electron chi connectivity index (χ2n) is 4.65. The van der Waals surface area contributed by atoms with E-state index in [0.29, 0.717) is 11.1 Å². The van der Waals surface area contributed by atoms with Crippen LogP contribution in [-0.2, 0) is 6.54 Å². The summed E-state index contributed by atoms with van der Waals surface area (Å²) in [5.74, 6) is -0.476. The van der Waals surface area contributed by atoms with Gasteiger partial charge in [-0.15, -0.1) is 0 Å².